The number of nitrogens with zero attached hydrogens (tertiary/aromatic N) is 5. The fourth-order valence-corrected chi connectivity index (χ4v) is 3.61. The predicted octanol–water partition coefficient (Wildman–Crippen LogP) is 1.32. The fraction of sp³-hybridized carbons (Fsp3) is 0.722. The van der Waals surface area contributed by atoms with Crippen LogP contribution in [0.3, 0.4) is 0 Å². The van der Waals surface area contributed by atoms with Crippen LogP contribution in [-0.4, -0.2) is 71.1 Å². The van der Waals surface area contributed by atoms with E-state index in [-0.39, 0.29) is 11.8 Å². The largest absolute Gasteiger partial charge is 0.379 e. The van der Waals surface area contributed by atoms with Crippen LogP contribution in [0, 0.1) is 0 Å². The Morgan fingerprint density at radius 3 is 2.96 bits per heavy atom. The fourth-order valence-electron chi connectivity index (χ4n) is 3.61. The molecule has 138 valence electrons. The zero-order valence-electron chi connectivity index (χ0n) is 15.6. The van der Waals surface area contributed by atoms with Crippen LogP contribution >= 0.6 is 0 Å². The number of fused-ring (bicyclic) bond motifs is 1. The van der Waals surface area contributed by atoms with Gasteiger partial charge in [0.15, 0.2) is 0 Å². The monoisotopic (exact) mass is 347 g/mol. The van der Waals surface area contributed by atoms with Crippen molar-refractivity contribution in [1.29, 1.82) is 0 Å². The number of amides is 1. The van der Waals surface area contributed by atoms with E-state index in [1.165, 1.54) is 6.42 Å². The molecule has 0 aromatic carbocycles. The summed E-state index contributed by atoms with van der Waals surface area (Å²) in [5.41, 5.74) is 2.97. The summed E-state index contributed by atoms with van der Waals surface area (Å²) in [7, 11) is 5.98. The molecule has 0 N–H and O–H groups in total. The lowest BCUT2D eigenvalue weighted by molar-refractivity contribution is -0.129. The van der Waals surface area contributed by atoms with Crippen LogP contribution in [0.5, 0.6) is 0 Å². The first-order valence-corrected chi connectivity index (χ1v) is 9.15. The molecule has 0 saturated carbocycles. The minimum absolute atomic E-state index is 0.124. The van der Waals surface area contributed by atoms with Crippen molar-refractivity contribution in [3.05, 3.63) is 23.0 Å². The minimum atomic E-state index is 0.124. The minimum Gasteiger partial charge on any atom is -0.379 e. The molecule has 2 heterocycles. The molecule has 3 rings (SSSR count). The smallest absolute Gasteiger partial charge is 0.249 e. The van der Waals surface area contributed by atoms with Gasteiger partial charge in [0.25, 0.3) is 0 Å². The molecule has 0 radical (unpaired) electrons. The van der Waals surface area contributed by atoms with Crippen LogP contribution in [0.4, 0.5) is 0 Å². The average Bonchev–Trinajstić information content (AvgIpc) is 2.99. The number of hydrogen-bond acceptors (Lipinski definition) is 5. The van der Waals surface area contributed by atoms with Gasteiger partial charge in [-0.25, -0.2) is 0 Å². The number of allylic oxidation sites excluding steroid dienone is 1. The third-order valence-corrected chi connectivity index (χ3v) is 4.97. The zero-order valence-corrected chi connectivity index (χ0v) is 15.6. The first-order valence-electron chi connectivity index (χ1n) is 9.15. The number of hydrogen-bond donors (Lipinski definition) is 0. The van der Waals surface area contributed by atoms with Gasteiger partial charge < -0.3 is 14.5 Å². The highest BCUT2D eigenvalue weighted by Crippen LogP contribution is 2.29. The van der Waals surface area contributed by atoms with Crippen LogP contribution in [0.15, 0.2) is 11.6 Å². The average molecular weight is 347 g/mol. The van der Waals surface area contributed by atoms with Crippen LogP contribution in [0.25, 0.3) is 0 Å². The molecule has 7 nitrogen and oxygen atoms in total. The van der Waals surface area contributed by atoms with E-state index in [4.69, 9.17) is 4.74 Å². The molecule has 0 saturated heterocycles. The van der Waals surface area contributed by atoms with Gasteiger partial charge in [-0.15, -0.1) is 5.10 Å². The van der Waals surface area contributed by atoms with Crippen molar-refractivity contribution in [1.82, 2.24) is 24.8 Å². The summed E-state index contributed by atoms with van der Waals surface area (Å²) in [5.74, 6) is 0.286. The van der Waals surface area contributed by atoms with E-state index in [2.05, 4.69) is 21.3 Å². The first kappa shape index (κ1) is 18.1. The maximum Gasteiger partial charge on any atom is 0.249 e. The predicted molar refractivity (Wildman–Crippen MR) is 95.1 cm³/mol. The Morgan fingerprint density at radius 2 is 2.24 bits per heavy atom. The number of likely N-dealkylation sites (N-methyl/N-ethyl adjacent to an activating group) is 1. The van der Waals surface area contributed by atoms with Gasteiger partial charge in [0.2, 0.25) is 5.91 Å². The maximum atomic E-state index is 12.9. The number of aryl methyl sites for hydroxylation is 1. The molecular formula is C18H29N5O2. The lowest BCUT2D eigenvalue weighted by Crippen LogP contribution is -2.41. The molecule has 1 aliphatic carbocycles. The lowest BCUT2D eigenvalue weighted by Gasteiger charge is -2.33. The quantitative estimate of drug-likeness (QED) is 0.726. The van der Waals surface area contributed by atoms with E-state index < -0.39 is 0 Å². The molecule has 1 unspecified atom stereocenters. The van der Waals surface area contributed by atoms with E-state index in [9.17, 15) is 4.79 Å². The van der Waals surface area contributed by atoms with E-state index in [0.29, 0.717) is 26.3 Å². The number of carbonyl (C=O) groups is 1. The zero-order chi connectivity index (χ0) is 17.8. The summed E-state index contributed by atoms with van der Waals surface area (Å²) >= 11 is 0. The summed E-state index contributed by atoms with van der Waals surface area (Å²) < 4.78 is 7.71. The molecule has 0 fully saturated rings. The Morgan fingerprint density at radius 1 is 1.40 bits per heavy atom. The molecule has 1 aliphatic heterocycles. The van der Waals surface area contributed by atoms with Gasteiger partial charge in [0.05, 0.1) is 25.5 Å². The Hall–Kier alpha value is -1.73. The van der Waals surface area contributed by atoms with E-state index in [0.717, 1.165) is 42.8 Å². The third kappa shape index (κ3) is 4.27. The standard InChI is InChI=1S/C18H29N5O2/c1-21(2)9-10-25-13-15-11-23(12-16-17(15)22(3)20-19-16)18(24)14-7-5-4-6-8-14/h7,15H,4-6,8-13H2,1-3H3. The third-order valence-electron chi connectivity index (χ3n) is 4.97. The van der Waals surface area contributed by atoms with Crippen molar-refractivity contribution >= 4 is 5.91 Å². The van der Waals surface area contributed by atoms with Crippen LogP contribution < -0.4 is 0 Å². The van der Waals surface area contributed by atoms with Crippen LogP contribution in [0.2, 0.25) is 0 Å². The van der Waals surface area contributed by atoms with Crippen LogP contribution in [-0.2, 0) is 23.1 Å². The molecular weight excluding hydrogens is 318 g/mol. The Labute approximate surface area is 149 Å². The summed E-state index contributed by atoms with van der Waals surface area (Å²) in [6.07, 6.45) is 6.32. The van der Waals surface area contributed by atoms with Gasteiger partial charge in [-0.1, -0.05) is 11.3 Å². The highest BCUT2D eigenvalue weighted by molar-refractivity contribution is 5.93. The summed E-state index contributed by atoms with van der Waals surface area (Å²) in [6.45, 7) is 3.38. The van der Waals surface area contributed by atoms with Gasteiger partial charge in [-0.05, 0) is 39.8 Å². The second-order valence-corrected chi connectivity index (χ2v) is 7.28. The van der Waals surface area contributed by atoms with E-state index >= 15 is 0 Å². The highest BCUT2D eigenvalue weighted by atomic mass is 16.5. The molecule has 0 bridgehead atoms. The molecule has 1 atom stereocenters. The summed E-state index contributed by atoms with van der Waals surface area (Å²) in [4.78, 5) is 16.9. The van der Waals surface area contributed by atoms with E-state index in [1.54, 1.807) is 0 Å². The number of rotatable bonds is 6. The van der Waals surface area contributed by atoms with Gasteiger partial charge in [0.1, 0.15) is 5.69 Å². The maximum absolute atomic E-state index is 12.9. The van der Waals surface area contributed by atoms with Gasteiger partial charge in [0, 0.05) is 31.6 Å². The Balaban J connectivity index is 1.69. The normalized spacial score (nSPS) is 20.6. The van der Waals surface area contributed by atoms with Crippen LogP contribution in [0.1, 0.15) is 43.0 Å². The van der Waals surface area contributed by atoms with Crippen molar-refractivity contribution in [3.8, 4) is 0 Å². The molecule has 1 aromatic rings. The van der Waals surface area contributed by atoms with Crippen molar-refractivity contribution in [2.24, 2.45) is 7.05 Å². The number of carbonyl (C=O) groups excluding carboxylic acids is 1. The van der Waals surface area contributed by atoms with Gasteiger partial charge in [-0.3, -0.25) is 9.48 Å². The summed E-state index contributed by atoms with van der Waals surface area (Å²) in [5, 5.41) is 8.44. The second-order valence-electron chi connectivity index (χ2n) is 7.28. The van der Waals surface area contributed by atoms with Gasteiger partial charge in [-0.2, -0.15) is 0 Å². The molecule has 25 heavy (non-hydrogen) atoms. The molecule has 1 amide bonds. The van der Waals surface area contributed by atoms with Crippen molar-refractivity contribution in [2.45, 2.75) is 38.1 Å². The number of aromatic nitrogens is 3. The molecule has 7 heteroatoms. The highest BCUT2D eigenvalue weighted by Gasteiger charge is 2.33. The van der Waals surface area contributed by atoms with Crippen molar-refractivity contribution in [3.63, 3.8) is 0 Å². The SMILES string of the molecule is CN(C)CCOCC1CN(C(=O)C2=CCCCC2)Cc2nnn(C)c21. The topological polar surface area (TPSA) is 63.5 Å². The Kier molecular flexibility index (Phi) is 5.86. The van der Waals surface area contributed by atoms with Crippen molar-refractivity contribution < 1.29 is 9.53 Å². The molecule has 2 aliphatic rings. The van der Waals surface area contributed by atoms with E-state index in [1.807, 2.05) is 30.7 Å². The molecule has 0 spiro atoms. The summed E-state index contributed by atoms with van der Waals surface area (Å²) in [6, 6.07) is 0. The molecule has 1 aromatic heterocycles. The Bertz CT molecular complexity index is 637. The first-order chi connectivity index (χ1) is 12.1. The van der Waals surface area contributed by atoms with Crippen molar-refractivity contribution in [2.75, 3.05) is 40.4 Å². The lowest BCUT2D eigenvalue weighted by atomic mass is 9.95. The number of ether oxygens (including phenoxy) is 1. The second kappa shape index (κ2) is 8.10. The van der Waals surface area contributed by atoms with Gasteiger partial charge >= 0.3 is 0 Å².